The van der Waals surface area contributed by atoms with Crippen molar-refractivity contribution >= 4 is 5.97 Å². The lowest BCUT2D eigenvalue weighted by Gasteiger charge is -2.44. The summed E-state index contributed by atoms with van der Waals surface area (Å²) in [7, 11) is 0. The van der Waals surface area contributed by atoms with Gasteiger partial charge in [-0.1, -0.05) is 35.4 Å². The molecule has 10 nitrogen and oxygen atoms in total. The Morgan fingerprint density at radius 3 is 2.88 bits per heavy atom. The van der Waals surface area contributed by atoms with Crippen LogP contribution in [0.15, 0.2) is 35.4 Å². The van der Waals surface area contributed by atoms with Crippen LogP contribution in [0.2, 0.25) is 0 Å². The van der Waals surface area contributed by atoms with E-state index in [1.807, 2.05) is 30.3 Å². The fraction of sp³-hybridized carbons (Fsp3) is 0.562. The van der Waals surface area contributed by atoms with Crippen molar-refractivity contribution in [3.63, 3.8) is 0 Å². The van der Waals surface area contributed by atoms with E-state index >= 15 is 0 Å². The minimum absolute atomic E-state index is 0.0920. The lowest BCUT2D eigenvalue weighted by molar-refractivity contribution is -0.302. The zero-order valence-electron chi connectivity index (χ0n) is 14.0. The van der Waals surface area contributed by atoms with Crippen molar-refractivity contribution < 1.29 is 34.0 Å². The molecule has 0 aliphatic carbocycles. The van der Waals surface area contributed by atoms with Gasteiger partial charge in [-0.2, -0.15) is 0 Å². The standard InChI is InChI=1S/C16H19N3O7/c1-9(14(20)21)25-13-12(23-7-10-5-3-2-4-6-10)11-8-24-15(26-11)16(13,22)18-19-17/h2-6,9,11-13,15,22H,7-8H2,1H3,(H,20,21)/t9-,11-,12-,13+,15-,16-/m1/s1. The summed E-state index contributed by atoms with van der Waals surface area (Å²) >= 11 is 0. The largest absolute Gasteiger partial charge is 0.479 e. The lowest BCUT2D eigenvalue weighted by atomic mass is 9.95. The van der Waals surface area contributed by atoms with E-state index in [1.165, 1.54) is 6.92 Å². The predicted molar refractivity (Wildman–Crippen MR) is 85.7 cm³/mol. The van der Waals surface area contributed by atoms with E-state index in [2.05, 4.69) is 10.0 Å². The minimum atomic E-state index is -2.26. The van der Waals surface area contributed by atoms with Crippen molar-refractivity contribution in [2.75, 3.05) is 6.61 Å². The van der Waals surface area contributed by atoms with Crippen LogP contribution < -0.4 is 0 Å². The number of nitrogens with zero attached hydrogens (tertiary/aromatic N) is 3. The summed E-state index contributed by atoms with van der Waals surface area (Å²) in [6, 6.07) is 9.27. The van der Waals surface area contributed by atoms with Crippen molar-refractivity contribution in [2.45, 2.75) is 50.0 Å². The molecule has 2 aliphatic heterocycles. The third-order valence-corrected chi connectivity index (χ3v) is 4.33. The van der Waals surface area contributed by atoms with Crippen LogP contribution in [-0.4, -0.2) is 59.2 Å². The SMILES string of the molecule is C[C@@H](O[C@H]1[C@H](OCc2ccccc2)[C@H]2CO[C@H](O2)[C@@]1(O)N=[N+]=[N-])C(=O)O. The molecule has 0 radical (unpaired) electrons. The van der Waals surface area contributed by atoms with Crippen molar-refractivity contribution in [2.24, 2.45) is 5.11 Å². The van der Waals surface area contributed by atoms with Crippen molar-refractivity contribution in [1.29, 1.82) is 0 Å². The van der Waals surface area contributed by atoms with E-state index in [1.54, 1.807) is 0 Å². The van der Waals surface area contributed by atoms with Gasteiger partial charge >= 0.3 is 5.97 Å². The highest BCUT2D eigenvalue weighted by Gasteiger charge is 2.61. The Balaban J connectivity index is 1.87. The third-order valence-electron chi connectivity index (χ3n) is 4.33. The summed E-state index contributed by atoms with van der Waals surface area (Å²) in [4.78, 5) is 13.8. The van der Waals surface area contributed by atoms with Crippen LogP contribution in [-0.2, 0) is 30.3 Å². The molecule has 2 N–H and O–H groups in total. The summed E-state index contributed by atoms with van der Waals surface area (Å²) in [6.07, 6.45) is -5.29. The number of carboxylic acid groups (broad SMARTS) is 1. The Labute approximate surface area is 148 Å². The number of hydrogen-bond donors (Lipinski definition) is 2. The predicted octanol–water partition coefficient (Wildman–Crippen LogP) is 1.18. The van der Waals surface area contributed by atoms with Crippen molar-refractivity contribution in [3.8, 4) is 0 Å². The summed E-state index contributed by atoms with van der Waals surface area (Å²) in [5.41, 5.74) is 7.45. The Bertz CT molecular complexity index is 696. The quantitative estimate of drug-likeness (QED) is 0.419. The lowest BCUT2D eigenvalue weighted by Crippen LogP contribution is -2.64. The first-order valence-corrected chi connectivity index (χ1v) is 8.05. The van der Waals surface area contributed by atoms with Crippen LogP contribution in [0.5, 0.6) is 0 Å². The third kappa shape index (κ3) is 3.51. The molecule has 140 valence electrons. The number of carbonyl (C=O) groups is 1. The summed E-state index contributed by atoms with van der Waals surface area (Å²) < 4.78 is 22.3. The molecule has 2 saturated heterocycles. The number of aliphatic carboxylic acids is 1. The molecule has 0 saturated carbocycles. The molecule has 1 aromatic carbocycles. The van der Waals surface area contributed by atoms with Crippen LogP contribution in [0, 0.1) is 0 Å². The number of benzene rings is 1. The van der Waals surface area contributed by atoms with Crippen LogP contribution in [0.3, 0.4) is 0 Å². The molecule has 2 heterocycles. The summed E-state index contributed by atoms with van der Waals surface area (Å²) in [5.74, 6) is -1.23. The molecule has 10 heteroatoms. The molecular formula is C16H19N3O7. The molecule has 0 aromatic heterocycles. The maximum Gasteiger partial charge on any atom is 0.332 e. The number of aliphatic hydroxyl groups is 1. The smallest absolute Gasteiger partial charge is 0.332 e. The van der Waals surface area contributed by atoms with Crippen LogP contribution in [0.4, 0.5) is 0 Å². The maximum atomic E-state index is 11.2. The average Bonchev–Trinajstić information content (AvgIpc) is 3.08. The second-order valence-electron chi connectivity index (χ2n) is 6.11. The second kappa shape index (κ2) is 7.58. The molecule has 0 spiro atoms. The number of hydrogen-bond acceptors (Lipinski definition) is 7. The first kappa shape index (κ1) is 18.6. The van der Waals surface area contributed by atoms with E-state index in [-0.39, 0.29) is 13.2 Å². The van der Waals surface area contributed by atoms with Gasteiger partial charge in [-0.15, -0.1) is 0 Å². The number of ether oxygens (including phenoxy) is 4. The van der Waals surface area contributed by atoms with Gasteiger partial charge in [-0.3, -0.25) is 0 Å². The highest BCUT2D eigenvalue weighted by atomic mass is 16.8. The number of fused-ring (bicyclic) bond motifs is 2. The molecule has 26 heavy (non-hydrogen) atoms. The van der Waals surface area contributed by atoms with Gasteiger partial charge in [0.15, 0.2) is 12.4 Å². The fourth-order valence-electron chi connectivity index (χ4n) is 2.98. The monoisotopic (exact) mass is 365 g/mol. The van der Waals surface area contributed by atoms with Gasteiger partial charge in [0, 0.05) is 4.91 Å². The van der Waals surface area contributed by atoms with E-state index in [4.69, 9.17) is 29.6 Å². The molecule has 0 amide bonds. The minimum Gasteiger partial charge on any atom is -0.479 e. The van der Waals surface area contributed by atoms with Gasteiger partial charge in [0.1, 0.15) is 18.3 Å². The van der Waals surface area contributed by atoms with Gasteiger partial charge in [0.25, 0.3) is 0 Å². The zero-order chi connectivity index (χ0) is 18.7. The zero-order valence-corrected chi connectivity index (χ0v) is 14.0. The number of rotatable bonds is 7. The topological polar surface area (TPSA) is 143 Å². The highest BCUT2D eigenvalue weighted by Crippen LogP contribution is 2.40. The number of carboxylic acids is 1. The van der Waals surface area contributed by atoms with E-state index in [9.17, 15) is 9.90 Å². The Morgan fingerprint density at radius 1 is 1.50 bits per heavy atom. The Kier molecular flexibility index (Phi) is 5.42. The first-order valence-electron chi connectivity index (χ1n) is 8.05. The van der Waals surface area contributed by atoms with Gasteiger partial charge in [-0.25, -0.2) is 4.79 Å². The van der Waals surface area contributed by atoms with Crippen LogP contribution >= 0.6 is 0 Å². The van der Waals surface area contributed by atoms with Gasteiger partial charge in [0.2, 0.25) is 5.72 Å². The van der Waals surface area contributed by atoms with E-state index in [0.717, 1.165) is 5.56 Å². The summed E-state index contributed by atoms with van der Waals surface area (Å²) in [5, 5.41) is 23.4. The van der Waals surface area contributed by atoms with Gasteiger partial charge < -0.3 is 29.2 Å². The molecular weight excluding hydrogens is 346 g/mol. The maximum absolute atomic E-state index is 11.2. The second-order valence-corrected chi connectivity index (χ2v) is 6.11. The van der Waals surface area contributed by atoms with Crippen LogP contribution in [0.1, 0.15) is 12.5 Å². The molecule has 0 unspecified atom stereocenters. The van der Waals surface area contributed by atoms with Gasteiger partial charge in [0.05, 0.1) is 13.2 Å². The summed E-state index contributed by atoms with van der Waals surface area (Å²) in [6.45, 7) is 1.57. The average molecular weight is 365 g/mol. The molecule has 6 atom stereocenters. The van der Waals surface area contributed by atoms with E-state index < -0.39 is 42.4 Å². The normalized spacial score (nSPS) is 34.1. The molecule has 1 aromatic rings. The molecule has 3 rings (SSSR count). The Hall–Kier alpha value is -2.20. The van der Waals surface area contributed by atoms with Crippen LogP contribution in [0.25, 0.3) is 10.4 Å². The molecule has 2 fully saturated rings. The van der Waals surface area contributed by atoms with E-state index in [0.29, 0.717) is 0 Å². The fourth-order valence-corrected chi connectivity index (χ4v) is 2.98. The Morgan fingerprint density at radius 2 is 2.23 bits per heavy atom. The van der Waals surface area contributed by atoms with Crippen molar-refractivity contribution in [3.05, 3.63) is 46.3 Å². The number of azide groups is 1. The highest BCUT2D eigenvalue weighted by molar-refractivity contribution is 5.71. The molecule has 2 bridgehead atoms. The molecule has 2 aliphatic rings. The van der Waals surface area contributed by atoms with Gasteiger partial charge in [-0.05, 0) is 18.0 Å². The van der Waals surface area contributed by atoms with Crippen molar-refractivity contribution in [1.82, 2.24) is 0 Å². The first-order chi connectivity index (χ1) is 12.5.